The zero-order valence-corrected chi connectivity index (χ0v) is 13.1. The van der Waals surface area contributed by atoms with E-state index in [9.17, 15) is 0 Å². The molecule has 0 amide bonds. The molecule has 1 heterocycles. The summed E-state index contributed by atoms with van der Waals surface area (Å²) in [7, 11) is 0. The van der Waals surface area contributed by atoms with Crippen molar-refractivity contribution in [2.24, 2.45) is 5.73 Å². The van der Waals surface area contributed by atoms with Crippen molar-refractivity contribution in [2.75, 3.05) is 5.32 Å². The Morgan fingerprint density at radius 1 is 1.21 bits per heavy atom. The highest BCUT2D eigenvalue weighted by Crippen LogP contribution is 2.26. The second-order valence-corrected chi connectivity index (χ2v) is 5.62. The van der Waals surface area contributed by atoms with Crippen molar-refractivity contribution in [1.29, 1.82) is 0 Å². The number of nitrogens with one attached hydrogen (secondary N) is 1. The molecule has 3 nitrogen and oxygen atoms in total. The second kappa shape index (κ2) is 5.67. The molecule has 2 aromatic rings. The predicted molar refractivity (Wildman–Crippen MR) is 87.0 cm³/mol. The molecule has 19 heavy (non-hydrogen) atoms. The number of anilines is 2. The number of nitrogens with two attached hydrogens (primary N) is 1. The SMILES string of the molecule is Cc1ccc(Nc2cc(Br)ccc2C(N)=S)c(C)n1. The molecule has 0 saturated heterocycles. The highest BCUT2D eigenvalue weighted by molar-refractivity contribution is 9.10. The van der Waals surface area contributed by atoms with Crippen LogP contribution in [0.2, 0.25) is 0 Å². The predicted octanol–water partition coefficient (Wildman–Crippen LogP) is 3.84. The minimum Gasteiger partial charge on any atom is -0.389 e. The molecule has 0 unspecified atom stereocenters. The Morgan fingerprint density at radius 2 is 1.95 bits per heavy atom. The molecule has 2 rings (SSSR count). The Balaban J connectivity index is 2.42. The number of rotatable bonds is 3. The monoisotopic (exact) mass is 335 g/mol. The van der Waals surface area contributed by atoms with Crippen molar-refractivity contribution in [2.45, 2.75) is 13.8 Å². The summed E-state index contributed by atoms with van der Waals surface area (Å²) in [4.78, 5) is 4.80. The zero-order chi connectivity index (χ0) is 14.0. The average Bonchev–Trinajstić information content (AvgIpc) is 2.32. The minimum atomic E-state index is 0.368. The van der Waals surface area contributed by atoms with E-state index in [0.29, 0.717) is 4.99 Å². The van der Waals surface area contributed by atoms with Crippen LogP contribution in [0.5, 0.6) is 0 Å². The summed E-state index contributed by atoms with van der Waals surface area (Å²) >= 11 is 8.52. The number of pyridine rings is 1. The van der Waals surface area contributed by atoms with E-state index in [-0.39, 0.29) is 0 Å². The smallest absolute Gasteiger partial charge is 0.106 e. The Morgan fingerprint density at radius 3 is 2.58 bits per heavy atom. The van der Waals surface area contributed by atoms with Crippen LogP contribution in [0, 0.1) is 13.8 Å². The Labute approximate surface area is 126 Å². The molecule has 1 aromatic carbocycles. The van der Waals surface area contributed by atoms with E-state index in [1.165, 1.54) is 0 Å². The molecule has 0 saturated carbocycles. The van der Waals surface area contributed by atoms with Crippen LogP contribution < -0.4 is 11.1 Å². The van der Waals surface area contributed by atoms with E-state index < -0.39 is 0 Å². The Bertz CT molecular complexity index is 641. The lowest BCUT2D eigenvalue weighted by atomic mass is 10.1. The largest absolute Gasteiger partial charge is 0.389 e. The van der Waals surface area contributed by atoms with Gasteiger partial charge in [-0.1, -0.05) is 28.1 Å². The minimum absolute atomic E-state index is 0.368. The third-order valence-electron chi connectivity index (χ3n) is 2.74. The topological polar surface area (TPSA) is 50.9 Å². The van der Waals surface area contributed by atoms with Gasteiger partial charge in [-0.2, -0.15) is 0 Å². The van der Waals surface area contributed by atoms with Gasteiger partial charge in [0.25, 0.3) is 0 Å². The number of aryl methyl sites for hydroxylation is 2. The normalized spacial score (nSPS) is 10.3. The molecule has 0 spiro atoms. The van der Waals surface area contributed by atoms with Crippen LogP contribution in [0.1, 0.15) is 17.0 Å². The maximum Gasteiger partial charge on any atom is 0.106 e. The number of hydrogen-bond donors (Lipinski definition) is 2. The number of nitrogens with zero attached hydrogens (tertiary/aromatic N) is 1. The van der Waals surface area contributed by atoms with Crippen LogP contribution >= 0.6 is 28.1 Å². The van der Waals surface area contributed by atoms with Gasteiger partial charge in [-0.3, -0.25) is 4.98 Å². The van der Waals surface area contributed by atoms with Gasteiger partial charge in [0.2, 0.25) is 0 Å². The number of halogens is 1. The van der Waals surface area contributed by atoms with Crippen LogP contribution in [0.4, 0.5) is 11.4 Å². The van der Waals surface area contributed by atoms with Gasteiger partial charge in [-0.05, 0) is 44.2 Å². The molecule has 0 radical (unpaired) electrons. The maximum atomic E-state index is 5.74. The molecule has 5 heteroatoms. The molecule has 0 aliphatic carbocycles. The number of benzene rings is 1. The third-order valence-corrected chi connectivity index (χ3v) is 3.45. The van der Waals surface area contributed by atoms with Gasteiger partial charge in [0.05, 0.1) is 11.4 Å². The first kappa shape index (κ1) is 14.0. The Hall–Kier alpha value is -1.46. The Kier molecular flexibility index (Phi) is 4.17. The van der Waals surface area contributed by atoms with Crippen LogP contribution in [0.15, 0.2) is 34.8 Å². The van der Waals surface area contributed by atoms with Crippen LogP contribution in [-0.2, 0) is 0 Å². The highest BCUT2D eigenvalue weighted by atomic mass is 79.9. The summed E-state index contributed by atoms with van der Waals surface area (Å²) in [5, 5.41) is 3.33. The van der Waals surface area contributed by atoms with Gasteiger partial charge in [-0.15, -0.1) is 0 Å². The molecule has 0 bridgehead atoms. The van der Waals surface area contributed by atoms with E-state index in [1.807, 2.05) is 44.2 Å². The number of thiocarbonyl (C=S) groups is 1. The molecular formula is C14H14BrN3S. The fourth-order valence-electron chi connectivity index (χ4n) is 1.80. The van der Waals surface area contributed by atoms with Crippen molar-refractivity contribution in [3.05, 3.63) is 51.8 Å². The van der Waals surface area contributed by atoms with E-state index >= 15 is 0 Å². The van der Waals surface area contributed by atoms with Crippen molar-refractivity contribution >= 4 is 44.5 Å². The standard InChI is InChI=1S/C14H14BrN3S/c1-8-3-6-12(9(2)17-8)18-13-7-10(15)4-5-11(13)14(16)19/h3-7,18H,1-2H3,(H2,16,19). The lowest BCUT2D eigenvalue weighted by Gasteiger charge is -2.13. The molecular weight excluding hydrogens is 322 g/mol. The first-order valence-electron chi connectivity index (χ1n) is 5.78. The summed E-state index contributed by atoms with van der Waals surface area (Å²) in [6.07, 6.45) is 0. The lowest BCUT2D eigenvalue weighted by Crippen LogP contribution is -2.12. The van der Waals surface area contributed by atoms with Gasteiger partial charge >= 0.3 is 0 Å². The lowest BCUT2D eigenvalue weighted by molar-refractivity contribution is 1.12. The van der Waals surface area contributed by atoms with Gasteiger partial charge < -0.3 is 11.1 Å². The quantitative estimate of drug-likeness (QED) is 0.836. The first-order chi connectivity index (χ1) is 8.97. The summed E-state index contributed by atoms with van der Waals surface area (Å²) < 4.78 is 0.965. The van der Waals surface area contributed by atoms with Crippen molar-refractivity contribution in [3.8, 4) is 0 Å². The number of hydrogen-bond acceptors (Lipinski definition) is 3. The van der Waals surface area contributed by atoms with Gasteiger partial charge in [-0.25, -0.2) is 0 Å². The van der Waals surface area contributed by atoms with Gasteiger partial charge in [0.15, 0.2) is 0 Å². The highest BCUT2D eigenvalue weighted by Gasteiger charge is 2.08. The third kappa shape index (κ3) is 3.30. The molecule has 0 aliphatic rings. The van der Waals surface area contributed by atoms with E-state index in [0.717, 1.165) is 32.8 Å². The maximum absolute atomic E-state index is 5.74. The zero-order valence-electron chi connectivity index (χ0n) is 10.7. The van der Waals surface area contributed by atoms with Crippen molar-refractivity contribution in [3.63, 3.8) is 0 Å². The second-order valence-electron chi connectivity index (χ2n) is 4.26. The van der Waals surface area contributed by atoms with Crippen LogP contribution in [0.3, 0.4) is 0 Å². The van der Waals surface area contributed by atoms with E-state index in [4.69, 9.17) is 18.0 Å². The van der Waals surface area contributed by atoms with Gasteiger partial charge in [0.1, 0.15) is 4.99 Å². The first-order valence-corrected chi connectivity index (χ1v) is 6.98. The van der Waals surface area contributed by atoms with Crippen molar-refractivity contribution in [1.82, 2.24) is 4.98 Å². The van der Waals surface area contributed by atoms with Gasteiger partial charge in [0, 0.05) is 21.4 Å². The average molecular weight is 336 g/mol. The fourth-order valence-corrected chi connectivity index (χ4v) is 2.34. The summed E-state index contributed by atoms with van der Waals surface area (Å²) in [6.45, 7) is 3.93. The molecule has 0 fully saturated rings. The molecule has 0 atom stereocenters. The van der Waals surface area contributed by atoms with Crippen LogP contribution in [-0.4, -0.2) is 9.97 Å². The van der Waals surface area contributed by atoms with E-state index in [2.05, 4.69) is 26.2 Å². The van der Waals surface area contributed by atoms with Crippen LogP contribution in [0.25, 0.3) is 0 Å². The molecule has 98 valence electrons. The molecule has 0 aliphatic heterocycles. The number of aromatic nitrogens is 1. The summed E-state index contributed by atoms with van der Waals surface area (Å²) in [5.74, 6) is 0. The fraction of sp³-hybridized carbons (Fsp3) is 0.143. The molecule has 1 aromatic heterocycles. The summed E-state index contributed by atoms with van der Waals surface area (Å²) in [5.41, 5.74) is 10.3. The molecule has 3 N–H and O–H groups in total. The van der Waals surface area contributed by atoms with E-state index in [1.54, 1.807) is 0 Å². The van der Waals surface area contributed by atoms with Crippen molar-refractivity contribution < 1.29 is 0 Å². The summed E-state index contributed by atoms with van der Waals surface area (Å²) in [6, 6.07) is 9.73.